The quantitative estimate of drug-likeness (QED) is 0.624. The number of rotatable bonds is 8. The molecule has 146 valence electrons. The van der Waals surface area contributed by atoms with Gasteiger partial charge < -0.3 is 9.64 Å². The molecule has 2 aromatic carbocycles. The lowest BCUT2D eigenvalue weighted by atomic mass is 10.2. The second kappa shape index (κ2) is 8.75. The molecule has 7 heteroatoms. The summed E-state index contributed by atoms with van der Waals surface area (Å²) in [5, 5.41) is 0. The topological polar surface area (TPSA) is 71.5 Å². The number of benzene rings is 2. The maximum absolute atomic E-state index is 12.5. The highest BCUT2D eigenvalue weighted by Crippen LogP contribution is 2.20. The molecule has 1 aromatic heterocycles. The monoisotopic (exact) mass is 397 g/mol. The minimum Gasteiger partial charge on any atom is -0.494 e. The third kappa shape index (κ3) is 5.01. The molecule has 0 aliphatic carbocycles. The van der Waals surface area contributed by atoms with Gasteiger partial charge in [-0.1, -0.05) is 30.3 Å². The van der Waals surface area contributed by atoms with Crippen molar-refractivity contribution in [3.8, 4) is 5.75 Å². The van der Waals surface area contributed by atoms with Gasteiger partial charge in [0, 0.05) is 13.6 Å². The number of nitrogens with one attached hydrogen (secondary N) is 1. The molecule has 0 fully saturated rings. The molecule has 0 bridgehead atoms. The Kier molecular flexibility index (Phi) is 6.16. The summed E-state index contributed by atoms with van der Waals surface area (Å²) < 4.78 is 33.0. The van der Waals surface area contributed by atoms with Crippen LogP contribution < -0.4 is 14.4 Å². The van der Waals surface area contributed by atoms with Gasteiger partial charge in [-0.15, -0.1) is 0 Å². The zero-order valence-corrected chi connectivity index (χ0v) is 16.7. The molecule has 3 aromatic rings. The highest BCUT2D eigenvalue weighted by atomic mass is 32.2. The van der Waals surface area contributed by atoms with Gasteiger partial charge in [-0.3, -0.25) is 4.72 Å². The molecule has 0 aliphatic rings. The average Bonchev–Trinajstić information content (AvgIpc) is 2.70. The lowest BCUT2D eigenvalue weighted by molar-refractivity contribution is 0.340. The minimum absolute atomic E-state index is 0.168. The number of anilines is 2. The summed E-state index contributed by atoms with van der Waals surface area (Å²) in [7, 11) is -1.74. The first-order chi connectivity index (χ1) is 13.5. The van der Waals surface area contributed by atoms with Crippen LogP contribution in [0.3, 0.4) is 0 Å². The molecule has 0 unspecified atom stereocenters. The maximum atomic E-state index is 12.5. The van der Waals surface area contributed by atoms with Crippen molar-refractivity contribution < 1.29 is 13.2 Å². The van der Waals surface area contributed by atoms with Crippen LogP contribution in [0.1, 0.15) is 12.5 Å². The van der Waals surface area contributed by atoms with Gasteiger partial charge >= 0.3 is 0 Å². The fraction of sp³-hybridized carbons (Fsp3) is 0.190. The van der Waals surface area contributed by atoms with Crippen LogP contribution >= 0.6 is 0 Å². The first kappa shape index (κ1) is 19.7. The van der Waals surface area contributed by atoms with E-state index in [2.05, 4.69) is 21.8 Å². The number of ether oxygens (including phenoxy) is 1. The zero-order valence-electron chi connectivity index (χ0n) is 15.9. The van der Waals surface area contributed by atoms with Crippen LogP contribution in [0, 0.1) is 0 Å². The van der Waals surface area contributed by atoms with Gasteiger partial charge in [0.15, 0.2) is 0 Å². The Labute approximate surface area is 165 Å². The molecule has 3 rings (SSSR count). The number of hydrogen-bond donors (Lipinski definition) is 1. The highest BCUT2D eigenvalue weighted by molar-refractivity contribution is 7.92. The predicted molar refractivity (Wildman–Crippen MR) is 111 cm³/mol. The van der Waals surface area contributed by atoms with E-state index in [1.807, 2.05) is 37.1 Å². The average molecular weight is 398 g/mol. The van der Waals surface area contributed by atoms with E-state index in [1.165, 1.54) is 23.9 Å². The van der Waals surface area contributed by atoms with Crippen molar-refractivity contribution in [3.05, 3.63) is 78.5 Å². The smallest absolute Gasteiger partial charge is 0.261 e. The molecule has 0 radical (unpaired) electrons. The van der Waals surface area contributed by atoms with Gasteiger partial charge in [0.05, 0.1) is 23.4 Å². The van der Waals surface area contributed by atoms with Crippen LogP contribution in [0.25, 0.3) is 0 Å². The molecule has 0 saturated heterocycles. The molecule has 6 nitrogen and oxygen atoms in total. The Bertz CT molecular complexity index is 989. The second-order valence-corrected chi connectivity index (χ2v) is 7.94. The Morgan fingerprint density at radius 2 is 1.71 bits per heavy atom. The van der Waals surface area contributed by atoms with Crippen molar-refractivity contribution >= 4 is 21.5 Å². The van der Waals surface area contributed by atoms with Crippen molar-refractivity contribution in [2.24, 2.45) is 0 Å². The Balaban J connectivity index is 1.67. The Morgan fingerprint density at radius 3 is 2.32 bits per heavy atom. The normalized spacial score (nSPS) is 11.1. The first-order valence-electron chi connectivity index (χ1n) is 8.95. The van der Waals surface area contributed by atoms with Gasteiger partial charge in [-0.05, 0) is 48.9 Å². The van der Waals surface area contributed by atoms with Crippen LogP contribution in [0.2, 0.25) is 0 Å². The van der Waals surface area contributed by atoms with E-state index in [0.717, 1.165) is 5.82 Å². The molecule has 0 saturated carbocycles. The van der Waals surface area contributed by atoms with E-state index >= 15 is 0 Å². The van der Waals surface area contributed by atoms with Crippen LogP contribution in [0.15, 0.2) is 77.8 Å². The lowest BCUT2D eigenvalue weighted by Crippen LogP contribution is -2.18. The van der Waals surface area contributed by atoms with Gasteiger partial charge in [-0.2, -0.15) is 0 Å². The molecule has 0 atom stereocenters. The molecular weight excluding hydrogens is 374 g/mol. The summed E-state index contributed by atoms with van der Waals surface area (Å²) in [5.74, 6) is 1.39. The Morgan fingerprint density at radius 1 is 1.00 bits per heavy atom. The van der Waals surface area contributed by atoms with E-state index in [1.54, 1.807) is 24.3 Å². The van der Waals surface area contributed by atoms with Crippen molar-refractivity contribution in [1.29, 1.82) is 0 Å². The minimum atomic E-state index is -3.69. The molecule has 0 aliphatic heterocycles. The molecular formula is C21H23N3O3S. The van der Waals surface area contributed by atoms with Crippen LogP contribution in [0.4, 0.5) is 11.5 Å². The van der Waals surface area contributed by atoms with E-state index in [9.17, 15) is 8.42 Å². The number of aromatic nitrogens is 1. The number of pyridine rings is 1. The molecule has 1 N–H and O–H groups in total. The molecule has 28 heavy (non-hydrogen) atoms. The lowest BCUT2D eigenvalue weighted by Gasteiger charge is -2.18. The fourth-order valence-electron chi connectivity index (χ4n) is 2.71. The summed E-state index contributed by atoms with van der Waals surface area (Å²) in [6.45, 7) is 3.12. The fourth-order valence-corrected chi connectivity index (χ4v) is 3.75. The predicted octanol–water partition coefficient (Wildman–Crippen LogP) is 3.92. The van der Waals surface area contributed by atoms with E-state index in [-0.39, 0.29) is 4.90 Å². The third-order valence-corrected chi connectivity index (χ3v) is 5.50. The van der Waals surface area contributed by atoms with Gasteiger partial charge in [0.25, 0.3) is 10.0 Å². The van der Waals surface area contributed by atoms with Crippen molar-refractivity contribution in [2.75, 3.05) is 23.3 Å². The third-order valence-electron chi connectivity index (χ3n) is 4.10. The maximum Gasteiger partial charge on any atom is 0.261 e. The van der Waals surface area contributed by atoms with Crippen molar-refractivity contribution in [3.63, 3.8) is 0 Å². The Hall–Kier alpha value is -3.06. The summed E-state index contributed by atoms with van der Waals surface area (Å²) in [6, 6.07) is 19.9. The SMILES string of the molecule is CCOc1ccc(S(=O)(=O)Nc2ccc(N(C)Cc3ccccc3)nc2)cc1. The van der Waals surface area contributed by atoms with E-state index in [4.69, 9.17) is 4.74 Å². The molecule has 0 amide bonds. The number of hydrogen-bond acceptors (Lipinski definition) is 5. The first-order valence-corrected chi connectivity index (χ1v) is 10.4. The van der Waals surface area contributed by atoms with Gasteiger partial charge in [-0.25, -0.2) is 13.4 Å². The number of nitrogens with zero attached hydrogens (tertiary/aromatic N) is 2. The van der Waals surface area contributed by atoms with Crippen molar-refractivity contribution in [2.45, 2.75) is 18.4 Å². The van der Waals surface area contributed by atoms with E-state index in [0.29, 0.717) is 24.6 Å². The number of sulfonamides is 1. The summed E-state index contributed by atoms with van der Waals surface area (Å²) in [6.07, 6.45) is 1.52. The molecule has 0 spiro atoms. The van der Waals surface area contributed by atoms with Crippen LogP contribution in [-0.4, -0.2) is 27.1 Å². The second-order valence-electron chi connectivity index (χ2n) is 6.26. The largest absolute Gasteiger partial charge is 0.494 e. The standard InChI is InChI=1S/C21H23N3O3S/c1-3-27-19-10-12-20(13-11-19)28(25,26)23-18-9-14-21(22-15-18)24(2)16-17-7-5-4-6-8-17/h4-15,23H,3,16H2,1-2H3. The molecule has 1 heterocycles. The summed E-state index contributed by atoms with van der Waals surface area (Å²) >= 11 is 0. The van der Waals surface area contributed by atoms with Crippen LogP contribution in [0.5, 0.6) is 5.75 Å². The summed E-state index contributed by atoms with van der Waals surface area (Å²) in [5.41, 5.74) is 1.58. The van der Waals surface area contributed by atoms with Gasteiger partial charge in [0.1, 0.15) is 11.6 Å². The van der Waals surface area contributed by atoms with E-state index < -0.39 is 10.0 Å². The highest BCUT2D eigenvalue weighted by Gasteiger charge is 2.15. The zero-order chi connectivity index (χ0) is 20.0. The van der Waals surface area contributed by atoms with Gasteiger partial charge in [0.2, 0.25) is 0 Å². The van der Waals surface area contributed by atoms with Crippen molar-refractivity contribution in [1.82, 2.24) is 4.98 Å². The van der Waals surface area contributed by atoms with Crippen LogP contribution in [-0.2, 0) is 16.6 Å². The summed E-state index contributed by atoms with van der Waals surface area (Å²) in [4.78, 5) is 6.54.